The van der Waals surface area contributed by atoms with Crippen molar-refractivity contribution in [1.29, 1.82) is 0 Å². The number of aliphatic imine (C=N–C) groups is 1. The highest BCUT2D eigenvalue weighted by Gasteiger charge is 2.38. The summed E-state index contributed by atoms with van der Waals surface area (Å²) >= 11 is 0. The Morgan fingerprint density at radius 3 is 1.63 bits per heavy atom. The Kier molecular flexibility index (Phi) is 26.1. The Bertz CT molecular complexity index is 1540. The maximum atomic E-state index is 14.0. The minimum atomic E-state index is -1.64. The molecule has 0 saturated carbocycles. The van der Waals surface area contributed by atoms with Crippen molar-refractivity contribution >= 4 is 53.3 Å². The highest BCUT2D eigenvalue weighted by molar-refractivity contribution is 5.97. The number of carbonyl (C=O) groups excluding carboxylic acids is 8. The third kappa shape index (κ3) is 22.2. The van der Waals surface area contributed by atoms with Gasteiger partial charge in [0.15, 0.2) is 5.96 Å². The lowest BCUT2D eigenvalue weighted by Crippen LogP contribution is -2.63. The van der Waals surface area contributed by atoms with Gasteiger partial charge in [-0.1, -0.05) is 85.5 Å². The van der Waals surface area contributed by atoms with Crippen molar-refractivity contribution in [3.63, 3.8) is 0 Å². The fourth-order valence-corrected chi connectivity index (χ4v) is 6.81. The highest BCUT2D eigenvalue weighted by Crippen LogP contribution is 2.15. The van der Waals surface area contributed by atoms with E-state index in [2.05, 4.69) is 36.9 Å². The van der Waals surface area contributed by atoms with Crippen LogP contribution >= 0.6 is 0 Å². The average Bonchev–Trinajstić information content (AvgIpc) is 3.18. The number of esters is 1. The standard InChI is InChI=1S/C42H76N10O11/c1-23(2)32-37(58)50-33(24(3)4)38(59)52-34(26(6)53)39(60)48-29(19-20-30(43)55)36(57)47-25(5)41(62)63-27(7)35(40(61)51-32)49-31(56)22-28(54)18-16-14-12-10-8-9-11-13-15-17-21-46-42(44)45/h23-29,32-35,53-54H,8-22H2,1-7H3,(H2,43,55)(H,47,57)(H,48,60)(H,49,56)(H,50,58)(H,51,61)(H,52,59)(H4,44,45,46)/t25-,26-,27-,28?,29-,32-,33+,34-,35+/m1/s1. The number of hydrogen-bond donors (Lipinski definition) is 11. The van der Waals surface area contributed by atoms with Gasteiger partial charge in [-0.25, -0.2) is 4.79 Å². The van der Waals surface area contributed by atoms with Crippen molar-refractivity contribution in [1.82, 2.24) is 31.9 Å². The van der Waals surface area contributed by atoms with Crippen LogP contribution in [0.25, 0.3) is 0 Å². The first-order valence-electron chi connectivity index (χ1n) is 22.3. The molecule has 0 aliphatic carbocycles. The molecule has 1 unspecified atom stereocenters. The molecular formula is C42H76N10O11. The van der Waals surface area contributed by atoms with Crippen molar-refractivity contribution in [2.45, 2.75) is 193 Å². The molecule has 0 spiro atoms. The maximum Gasteiger partial charge on any atom is 0.328 e. The van der Waals surface area contributed by atoms with Gasteiger partial charge >= 0.3 is 5.97 Å². The summed E-state index contributed by atoms with van der Waals surface area (Å²) in [4.78, 5) is 110. The minimum absolute atomic E-state index is 0.112. The normalized spacial score (nSPS) is 24.3. The first-order valence-corrected chi connectivity index (χ1v) is 22.3. The van der Waals surface area contributed by atoms with Gasteiger partial charge in [-0.3, -0.25) is 38.6 Å². The number of amides is 7. The topological polar surface area (TPSA) is 349 Å². The van der Waals surface area contributed by atoms with Crippen LogP contribution in [0.3, 0.4) is 0 Å². The summed E-state index contributed by atoms with van der Waals surface area (Å²) in [5.41, 5.74) is 16.0. The molecule has 1 aliphatic heterocycles. The highest BCUT2D eigenvalue weighted by atomic mass is 16.5. The van der Waals surface area contributed by atoms with Gasteiger partial charge < -0.3 is 64.1 Å². The van der Waals surface area contributed by atoms with Gasteiger partial charge in [0.25, 0.3) is 0 Å². The lowest BCUT2D eigenvalue weighted by atomic mass is 9.98. The first kappa shape index (κ1) is 56.0. The number of carbonyl (C=O) groups is 8. The largest absolute Gasteiger partial charge is 0.458 e. The first-order chi connectivity index (χ1) is 29.5. The number of ether oxygens (including phenoxy) is 1. The molecule has 21 heteroatoms. The molecule has 1 rings (SSSR count). The number of nitrogens with two attached hydrogens (primary N) is 3. The predicted molar refractivity (Wildman–Crippen MR) is 235 cm³/mol. The Hall–Kier alpha value is -5.05. The number of nitrogens with zero attached hydrogens (tertiary/aromatic N) is 1. The van der Waals surface area contributed by atoms with E-state index < -0.39 is 114 Å². The van der Waals surface area contributed by atoms with Gasteiger partial charge in [0.2, 0.25) is 41.4 Å². The summed E-state index contributed by atoms with van der Waals surface area (Å²) in [5.74, 6) is -8.16. The molecule has 1 saturated heterocycles. The lowest BCUT2D eigenvalue weighted by Gasteiger charge is -2.31. The van der Waals surface area contributed by atoms with Crippen LogP contribution in [0.4, 0.5) is 0 Å². The van der Waals surface area contributed by atoms with E-state index in [-0.39, 0.29) is 25.2 Å². The van der Waals surface area contributed by atoms with Crippen LogP contribution in [0, 0.1) is 11.8 Å². The van der Waals surface area contributed by atoms with Crippen LogP contribution in [-0.4, -0.2) is 125 Å². The van der Waals surface area contributed by atoms with E-state index in [0.717, 1.165) is 57.8 Å². The SMILES string of the molecule is CC(C)[C@@H]1NC(=O)[C@@H](C(C)C)NC(=O)[C@@H](NC(=O)CC(O)CCCCCCCCCCCCN=C(N)N)[C@@H](C)OC(=O)[C@@H](C)NC(=O)[C@@H](CCC(N)=O)NC(=O)[C@@H]([C@@H](C)O)NC1=O. The second-order valence-corrected chi connectivity index (χ2v) is 17.2. The number of hydrogen-bond acceptors (Lipinski definition) is 12. The number of primary amides is 1. The molecule has 63 heavy (non-hydrogen) atoms. The molecule has 360 valence electrons. The Balaban J connectivity index is 3.21. The third-order valence-electron chi connectivity index (χ3n) is 10.6. The smallest absolute Gasteiger partial charge is 0.328 e. The molecule has 9 atom stereocenters. The number of guanidine groups is 1. The maximum absolute atomic E-state index is 14.0. The zero-order valence-corrected chi connectivity index (χ0v) is 38.2. The summed E-state index contributed by atoms with van der Waals surface area (Å²) in [7, 11) is 0. The van der Waals surface area contributed by atoms with Gasteiger partial charge in [0, 0.05) is 13.0 Å². The van der Waals surface area contributed by atoms with E-state index in [0.29, 0.717) is 19.4 Å². The van der Waals surface area contributed by atoms with Crippen LogP contribution in [-0.2, 0) is 43.1 Å². The van der Waals surface area contributed by atoms with E-state index in [4.69, 9.17) is 21.9 Å². The summed E-state index contributed by atoms with van der Waals surface area (Å²) < 4.78 is 5.56. The van der Waals surface area contributed by atoms with Crippen LogP contribution < -0.4 is 49.1 Å². The third-order valence-corrected chi connectivity index (χ3v) is 10.6. The van der Waals surface area contributed by atoms with E-state index in [9.17, 15) is 48.6 Å². The molecule has 1 fully saturated rings. The number of aliphatic hydroxyl groups is 2. The van der Waals surface area contributed by atoms with Gasteiger partial charge in [-0.15, -0.1) is 0 Å². The van der Waals surface area contributed by atoms with E-state index in [1.807, 2.05) is 0 Å². The van der Waals surface area contributed by atoms with Crippen molar-refractivity contribution < 1.29 is 53.3 Å². The number of unbranched alkanes of at least 4 members (excludes halogenated alkanes) is 9. The molecular weight excluding hydrogens is 821 g/mol. The fraction of sp³-hybridized carbons (Fsp3) is 0.786. The number of cyclic esters (lactones) is 1. The van der Waals surface area contributed by atoms with Gasteiger partial charge in [0.1, 0.15) is 42.4 Å². The Labute approximate surface area is 371 Å². The molecule has 0 aromatic heterocycles. The van der Waals surface area contributed by atoms with Gasteiger partial charge in [-0.2, -0.15) is 0 Å². The molecule has 0 radical (unpaired) electrons. The number of rotatable bonds is 22. The monoisotopic (exact) mass is 897 g/mol. The Morgan fingerprint density at radius 2 is 1.14 bits per heavy atom. The fourth-order valence-electron chi connectivity index (χ4n) is 6.81. The minimum Gasteiger partial charge on any atom is -0.458 e. The molecule has 7 amide bonds. The summed E-state index contributed by atoms with van der Waals surface area (Å²) in [6.07, 6.45) is 5.43. The molecule has 14 N–H and O–H groups in total. The lowest BCUT2D eigenvalue weighted by molar-refractivity contribution is -0.155. The second kappa shape index (κ2) is 29.3. The Morgan fingerprint density at radius 1 is 0.667 bits per heavy atom. The zero-order chi connectivity index (χ0) is 47.8. The van der Waals surface area contributed by atoms with E-state index in [1.54, 1.807) is 27.7 Å². The molecule has 1 aliphatic rings. The van der Waals surface area contributed by atoms with Crippen LogP contribution in [0.15, 0.2) is 4.99 Å². The molecule has 0 aromatic carbocycles. The van der Waals surface area contributed by atoms with Crippen molar-refractivity contribution in [2.75, 3.05) is 6.54 Å². The quantitative estimate of drug-likeness (QED) is 0.0273. The van der Waals surface area contributed by atoms with Crippen molar-refractivity contribution in [3.8, 4) is 0 Å². The van der Waals surface area contributed by atoms with Crippen LogP contribution in [0.2, 0.25) is 0 Å². The molecule has 0 bridgehead atoms. The summed E-state index contributed by atoms with van der Waals surface area (Å²) in [5, 5.41) is 36.2. The van der Waals surface area contributed by atoms with Crippen LogP contribution in [0.5, 0.6) is 0 Å². The number of aliphatic hydroxyl groups excluding tert-OH is 2. The molecule has 21 nitrogen and oxygen atoms in total. The molecule has 1 heterocycles. The van der Waals surface area contributed by atoms with E-state index >= 15 is 0 Å². The zero-order valence-electron chi connectivity index (χ0n) is 38.2. The predicted octanol–water partition coefficient (Wildman–Crippen LogP) is -0.866. The number of nitrogens with one attached hydrogen (secondary N) is 6. The molecule has 0 aromatic rings. The van der Waals surface area contributed by atoms with Crippen molar-refractivity contribution in [2.24, 2.45) is 34.0 Å². The van der Waals surface area contributed by atoms with E-state index in [1.165, 1.54) is 20.8 Å². The van der Waals surface area contributed by atoms with Gasteiger partial charge in [0.05, 0.1) is 18.6 Å². The average molecular weight is 897 g/mol. The van der Waals surface area contributed by atoms with Crippen LogP contribution in [0.1, 0.15) is 138 Å². The van der Waals surface area contributed by atoms with Gasteiger partial charge in [-0.05, 0) is 51.9 Å². The van der Waals surface area contributed by atoms with Crippen molar-refractivity contribution in [3.05, 3.63) is 0 Å². The summed E-state index contributed by atoms with van der Waals surface area (Å²) in [6, 6.07) is -8.70. The second-order valence-electron chi connectivity index (χ2n) is 17.2. The summed E-state index contributed by atoms with van der Waals surface area (Å²) in [6.45, 7) is 10.9.